The number of hydrogen-bond acceptors (Lipinski definition) is 10. The number of ether oxygens (including phenoxy) is 2. The van der Waals surface area contributed by atoms with E-state index in [2.05, 4.69) is 55.6 Å². The van der Waals surface area contributed by atoms with Crippen molar-refractivity contribution in [3.8, 4) is 0 Å². The predicted molar refractivity (Wildman–Crippen MR) is 205 cm³/mol. The summed E-state index contributed by atoms with van der Waals surface area (Å²) in [7, 11) is 0. The lowest BCUT2D eigenvalue weighted by atomic mass is 9.98. The summed E-state index contributed by atoms with van der Waals surface area (Å²) < 4.78 is 11.0. The molecule has 1 aliphatic rings. The number of carbonyl (C=O) groups is 1. The maximum Gasteiger partial charge on any atom is 0.249 e. The summed E-state index contributed by atoms with van der Waals surface area (Å²) in [6.45, 7) is 3.31. The molecular formula is C41H75NO10. The Labute approximate surface area is 314 Å². The minimum absolute atomic E-state index is 0.234. The molecule has 0 aromatic carbocycles. The van der Waals surface area contributed by atoms with Crippen LogP contribution in [0.25, 0.3) is 0 Å². The van der Waals surface area contributed by atoms with Gasteiger partial charge in [-0.15, -0.1) is 0 Å². The van der Waals surface area contributed by atoms with E-state index in [1.165, 1.54) is 51.4 Å². The summed E-state index contributed by atoms with van der Waals surface area (Å²) in [5.74, 6) is -0.725. The molecule has 1 heterocycles. The average molecular weight is 742 g/mol. The Kier molecular flexibility index (Phi) is 29.4. The first kappa shape index (κ1) is 48.3. The maximum absolute atomic E-state index is 13.0. The van der Waals surface area contributed by atoms with Crippen LogP contribution in [0.2, 0.25) is 0 Å². The second-order valence-electron chi connectivity index (χ2n) is 14.3. The molecule has 9 atom stereocenters. The second kappa shape index (κ2) is 31.7. The molecule has 0 aromatic heterocycles. The first-order valence-electron chi connectivity index (χ1n) is 20.4. The van der Waals surface area contributed by atoms with Crippen LogP contribution in [0.4, 0.5) is 0 Å². The molecule has 1 aliphatic heterocycles. The van der Waals surface area contributed by atoms with Gasteiger partial charge in [-0.25, -0.2) is 0 Å². The summed E-state index contributed by atoms with van der Waals surface area (Å²) >= 11 is 0. The van der Waals surface area contributed by atoms with Gasteiger partial charge in [-0.1, -0.05) is 115 Å². The Bertz CT molecular complexity index is 945. The highest BCUT2D eigenvalue weighted by atomic mass is 16.7. The van der Waals surface area contributed by atoms with Crippen molar-refractivity contribution in [2.75, 3.05) is 13.2 Å². The maximum atomic E-state index is 13.0. The number of carbonyl (C=O) groups excluding carboxylic acids is 1. The van der Waals surface area contributed by atoms with E-state index >= 15 is 0 Å². The number of rotatable bonds is 32. The van der Waals surface area contributed by atoms with Crippen LogP contribution >= 0.6 is 0 Å². The van der Waals surface area contributed by atoms with Crippen molar-refractivity contribution in [2.45, 2.75) is 204 Å². The normalized spacial score (nSPS) is 23.4. The van der Waals surface area contributed by atoms with Crippen LogP contribution in [0.1, 0.15) is 149 Å². The van der Waals surface area contributed by atoms with E-state index < -0.39 is 74.2 Å². The van der Waals surface area contributed by atoms with Crippen molar-refractivity contribution >= 4 is 5.91 Å². The number of amides is 1. The number of aliphatic hydroxyl groups is 7. The van der Waals surface area contributed by atoms with Crippen LogP contribution in [-0.2, 0) is 14.3 Å². The third-order valence-electron chi connectivity index (χ3n) is 9.64. The van der Waals surface area contributed by atoms with Crippen molar-refractivity contribution in [2.24, 2.45) is 0 Å². The highest BCUT2D eigenvalue weighted by Gasteiger charge is 2.44. The smallest absolute Gasteiger partial charge is 0.249 e. The van der Waals surface area contributed by atoms with Crippen LogP contribution in [0.5, 0.6) is 0 Å². The van der Waals surface area contributed by atoms with E-state index in [1.54, 1.807) is 0 Å². The van der Waals surface area contributed by atoms with E-state index in [9.17, 15) is 40.5 Å². The first-order valence-corrected chi connectivity index (χ1v) is 20.4. The monoisotopic (exact) mass is 742 g/mol. The lowest BCUT2D eigenvalue weighted by Gasteiger charge is -2.40. The van der Waals surface area contributed by atoms with Crippen LogP contribution in [0.15, 0.2) is 36.5 Å². The van der Waals surface area contributed by atoms with Crippen LogP contribution < -0.4 is 5.32 Å². The Morgan fingerprint density at radius 1 is 0.654 bits per heavy atom. The average Bonchev–Trinajstić information content (AvgIpc) is 3.14. The molecule has 8 N–H and O–H groups in total. The fraction of sp³-hybridized carbons (Fsp3) is 0.829. The Hall–Kier alpha value is -1.67. The predicted octanol–water partition coefficient (Wildman–Crippen LogP) is 5.27. The van der Waals surface area contributed by atoms with Gasteiger partial charge >= 0.3 is 0 Å². The molecular weight excluding hydrogens is 666 g/mol. The molecule has 0 aliphatic carbocycles. The molecule has 11 nitrogen and oxygen atoms in total. The van der Waals surface area contributed by atoms with Gasteiger partial charge < -0.3 is 50.5 Å². The van der Waals surface area contributed by atoms with E-state index in [0.717, 1.165) is 51.4 Å². The third kappa shape index (κ3) is 21.9. The molecule has 1 rings (SSSR count). The Morgan fingerprint density at radius 2 is 1.17 bits per heavy atom. The third-order valence-corrected chi connectivity index (χ3v) is 9.64. The summed E-state index contributed by atoms with van der Waals surface area (Å²) in [4.78, 5) is 13.0. The van der Waals surface area contributed by atoms with Crippen LogP contribution in [0.3, 0.4) is 0 Å². The van der Waals surface area contributed by atoms with Crippen LogP contribution in [-0.4, -0.2) is 110 Å². The zero-order valence-corrected chi connectivity index (χ0v) is 32.3. The van der Waals surface area contributed by atoms with Crippen molar-refractivity contribution < 1.29 is 50.0 Å². The molecule has 0 radical (unpaired) electrons. The number of unbranched alkanes of at least 4 members (excludes halogenated alkanes) is 14. The zero-order valence-electron chi connectivity index (χ0n) is 32.3. The zero-order chi connectivity index (χ0) is 38.4. The summed E-state index contributed by atoms with van der Waals surface area (Å²) in [6.07, 6.45) is 22.1. The summed E-state index contributed by atoms with van der Waals surface area (Å²) in [6, 6.07) is -1.19. The van der Waals surface area contributed by atoms with Gasteiger partial charge in [0.05, 0.1) is 25.4 Å². The summed E-state index contributed by atoms with van der Waals surface area (Å²) in [5.41, 5.74) is 0. The van der Waals surface area contributed by atoms with Gasteiger partial charge in [-0.2, -0.15) is 0 Å². The van der Waals surface area contributed by atoms with E-state index in [4.69, 9.17) is 9.47 Å². The lowest BCUT2D eigenvalue weighted by molar-refractivity contribution is -0.303. The van der Waals surface area contributed by atoms with E-state index in [1.807, 2.05) is 0 Å². The Morgan fingerprint density at radius 3 is 1.77 bits per heavy atom. The van der Waals surface area contributed by atoms with Gasteiger partial charge in [0.15, 0.2) is 6.29 Å². The van der Waals surface area contributed by atoms with Gasteiger partial charge in [0, 0.05) is 0 Å². The quantitative estimate of drug-likeness (QED) is 0.0333. The van der Waals surface area contributed by atoms with Crippen molar-refractivity contribution in [3.63, 3.8) is 0 Å². The van der Waals surface area contributed by atoms with Gasteiger partial charge in [-0.3, -0.25) is 4.79 Å². The molecule has 1 fully saturated rings. The first-order chi connectivity index (χ1) is 25.2. The minimum atomic E-state index is -1.67. The van der Waals surface area contributed by atoms with Gasteiger partial charge in [0.2, 0.25) is 5.91 Å². The number of nitrogens with one attached hydrogen (secondary N) is 1. The van der Waals surface area contributed by atoms with Gasteiger partial charge in [-0.05, 0) is 70.6 Å². The standard InChI is InChI=1S/C41H75NO10/c1-3-5-7-9-11-13-15-16-17-18-19-21-22-24-26-28-33(44)36(46)32(31-51-41-39(49)38(48)37(47)35(30-43)52-41)42-40(50)34(45)29-27-25-23-20-14-12-10-8-6-4-2/h10,12,16-17,21-22,32-39,41,43-49H,3-9,11,13-15,18-20,23-31H2,1-2H3,(H,42,50)/b12-10-,17-16+,22-21+. The fourth-order valence-electron chi connectivity index (χ4n) is 6.14. The SMILES string of the molecule is CCCC/C=C\CCCCCCC(O)C(=O)NC(COC1OC(CO)C(O)C(O)C1O)C(O)C(O)CCC/C=C/CC/C=C/CCCCCCCC. The second-order valence-corrected chi connectivity index (χ2v) is 14.3. The van der Waals surface area contributed by atoms with E-state index in [0.29, 0.717) is 19.3 Å². The number of hydrogen-bond donors (Lipinski definition) is 8. The van der Waals surface area contributed by atoms with Crippen molar-refractivity contribution in [1.82, 2.24) is 5.32 Å². The lowest BCUT2D eigenvalue weighted by Crippen LogP contribution is -2.60. The highest BCUT2D eigenvalue weighted by molar-refractivity contribution is 5.80. The molecule has 0 spiro atoms. The molecule has 52 heavy (non-hydrogen) atoms. The highest BCUT2D eigenvalue weighted by Crippen LogP contribution is 2.23. The largest absolute Gasteiger partial charge is 0.394 e. The number of aliphatic hydroxyl groups excluding tert-OH is 7. The number of allylic oxidation sites excluding steroid dienone is 6. The van der Waals surface area contributed by atoms with E-state index in [-0.39, 0.29) is 12.8 Å². The molecule has 0 bridgehead atoms. The fourth-order valence-corrected chi connectivity index (χ4v) is 6.14. The van der Waals surface area contributed by atoms with Gasteiger partial charge in [0.25, 0.3) is 0 Å². The molecule has 1 amide bonds. The molecule has 11 heteroatoms. The summed E-state index contributed by atoms with van der Waals surface area (Å²) in [5, 5.41) is 75.2. The molecule has 0 saturated carbocycles. The van der Waals surface area contributed by atoms with Crippen molar-refractivity contribution in [1.29, 1.82) is 0 Å². The molecule has 304 valence electrons. The molecule has 9 unspecified atom stereocenters. The van der Waals surface area contributed by atoms with Gasteiger partial charge in [0.1, 0.15) is 36.6 Å². The topological polar surface area (TPSA) is 189 Å². The minimum Gasteiger partial charge on any atom is -0.394 e. The van der Waals surface area contributed by atoms with Crippen molar-refractivity contribution in [3.05, 3.63) is 36.5 Å². The Balaban J connectivity index is 2.59. The molecule has 1 saturated heterocycles. The molecule has 0 aromatic rings. The van der Waals surface area contributed by atoms with Crippen LogP contribution in [0, 0.1) is 0 Å².